The zero-order chi connectivity index (χ0) is 7.82. The third kappa shape index (κ3) is 5.60. The van der Waals surface area contributed by atoms with E-state index >= 15 is 0 Å². The number of hydrogen-bond acceptors (Lipinski definition) is 2. The number of esters is 1. The summed E-state index contributed by atoms with van der Waals surface area (Å²) in [5.41, 5.74) is 0. The minimum Gasteiger partial charge on any atom is -0.466 e. The monoisotopic (exact) mass is 143 g/mol. The Morgan fingerprint density at radius 3 is 2.70 bits per heavy atom. The summed E-state index contributed by atoms with van der Waals surface area (Å²) in [5, 5.41) is 0. The minimum atomic E-state index is -0.184. The highest BCUT2D eigenvalue weighted by atomic mass is 16.5. The van der Waals surface area contributed by atoms with Crippen LogP contribution in [0.2, 0.25) is 0 Å². The zero-order valence-corrected chi connectivity index (χ0v) is 6.72. The lowest BCUT2D eigenvalue weighted by Crippen LogP contribution is -2.03. The normalized spacial score (nSPS) is 9.40. The smallest absolute Gasteiger partial charge is 0.309 e. The first-order chi connectivity index (χ1) is 4.81. The minimum absolute atomic E-state index is 0.184. The summed E-state index contributed by atoms with van der Waals surface area (Å²) in [7, 11) is 0. The zero-order valence-electron chi connectivity index (χ0n) is 6.72. The van der Waals surface area contributed by atoms with Crippen LogP contribution in [-0.2, 0) is 9.53 Å². The summed E-state index contributed by atoms with van der Waals surface area (Å²) >= 11 is 0. The Labute approximate surface area is 62.6 Å². The Bertz CT molecular complexity index is 89.3. The van der Waals surface area contributed by atoms with Gasteiger partial charge in [0.2, 0.25) is 0 Å². The van der Waals surface area contributed by atoms with Gasteiger partial charge < -0.3 is 4.74 Å². The SMILES string of the molecule is CCCC[CH]C(=O)OCC. The molecule has 0 bridgehead atoms. The molecule has 0 aliphatic carbocycles. The average molecular weight is 143 g/mol. The van der Waals surface area contributed by atoms with Crippen LogP contribution in [0.25, 0.3) is 0 Å². The molecule has 0 atom stereocenters. The van der Waals surface area contributed by atoms with E-state index in [0.29, 0.717) is 6.61 Å². The van der Waals surface area contributed by atoms with E-state index in [1.165, 1.54) is 0 Å². The fourth-order valence-corrected chi connectivity index (χ4v) is 0.625. The first kappa shape index (κ1) is 9.47. The van der Waals surface area contributed by atoms with E-state index in [-0.39, 0.29) is 5.97 Å². The largest absolute Gasteiger partial charge is 0.466 e. The molecule has 0 aliphatic rings. The standard InChI is InChI=1S/C8H15O2/c1-3-5-6-7-8(9)10-4-2/h7H,3-6H2,1-2H3. The van der Waals surface area contributed by atoms with Crippen LogP contribution in [0.15, 0.2) is 0 Å². The van der Waals surface area contributed by atoms with Crippen molar-refractivity contribution in [3.8, 4) is 0 Å². The number of carbonyl (C=O) groups excluding carboxylic acids is 1. The summed E-state index contributed by atoms with van der Waals surface area (Å²) in [5.74, 6) is -0.184. The van der Waals surface area contributed by atoms with Crippen LogP contribution in [0.3, 0.4) is 0 Å². The molecule has 0 unspecified atom stereocenters. The molecule has 0 rings (SSSR count). The highest BCUT2D eigenvalue weighted by Crippen LogP contribution is 1.98. The van der Waals surface area contributed by atoms with Crippen molar-refractivity contribution in [1.82, 2.24) is 0 Å². The predicted octanol–water partition coefficient (Wildman–Crippen LogP) is 1.94. The van der Waals surface area contributed by atoms with Crippen molar-refractivity contribution in [3.63, 3.8) is 0 Å². The lowest BCUT2D eigenvalue weighted by atomic mass is 10.2. The van der Waals surface area contributed by atoms with Crippen LogP contribution in [0.1, 0.15) is 33.1 Å². The van der Waals surface area contributed by atoms with Crippen molar-refractivity contribution in [2.24, 2.45) is 0 Å². The van der Waals surface area contributed by atoms with Gasteiger partial charge in [-0.3, -0.25) is 4.79 Å². The van der Waals surface area contributed by atoms with Crippen molar-refractivity contribution in [1.29, 1.82) is 0 Å². The van der Waals surface area contributed by atoms with Crippen molar-refractivity contribution in [3.05, 3.63) is 6.42 Å². The van der Waals surface area contributed by atoms with Crippen molar-refractivity contribution < 1.29 is 9.53 Å². The van der Waals surface area contributed by atoms with E-state index in [1.807, 2.05) is 6.92 Å². The Balaban J connectivity index is 3.05. The molecule has 0 amide bonds. The van der Waals surface area contributed by atoms with Gasteiger partial charge >= 0.3 is 5.97 Å². The lowest BCUT2D eigenvalue weighted by molar-refractivity contribution is -0.139. The molecule has 0 aromatic carbocycles. The maximum absolute atomic E-state index is 10.6. The van der Waals surface area contributed by atoms with Gasteiger partial charge in [0, 0.05) is 0 Å². The summed E-state index contributed by atoms with van der Waals surface area (Å²) < 4.78 is 4.69. The van der Waals surface area contributed by atoms with Crippen LogP contribution in [0.5, 0.6) is 0 Å². The van der Waals surface area contributed by atoms with Gasteiger partial charge in [0.05, 0.1) is 13.0 Å². The van der Waals surface area contributed by atoms with Gasteiger partial charge in [-0.2, -0.15) is 0 Å². The second-order valence-electron chi connectivity index (χ2n) is 2.10. The van der Waals surface area contributed by atoms with E-state index in [1.54, 1.807) is 6.42 Å². The number of ether oxygens (including phenoxy) is 1. The summed E-state index contributed by atoms with van der Waals surface area (Å²) in [4.78, 5) is 10.6. The van der Waals surface area contributed by atoms with Gasteiger partial charge in [-0.1, -0.05) is 19.8 Å². The number of unbranched alkanes of at least 4 members (excludes halogenated alkanes) is 2. The molecule has 0 spiro atoms. The Kier molecular flexibility index (Phi) is 6.24. The van der Waals surface area contributed by atoms with Crippen LogP contribution in [0, 0.1) is 6.42 Å². The molecule has 10 heavy (non-hydrogen) atoms. The maximum atomic E-state index is 10.6. The molecule has 0 aromatic rings. The van der Waals surface area contributed by atoms with Crippen LogP contribution < -0.4 is 0 Å². The molecule has 0 heterocycles. The topological polar surface area (TPSA) is 26.3 Å². The molecule has 0 aliphatic heterocycles. The Hall–Kier alpha value is -0.530. The predicted molar refractivity (Wildman–Crippen MR) is 40.5 cm³/mol. The van der Waals surface area contributed by atoms with Crippen molar-refractivity contribution >= 4 is 5.97 Å². The molecule has 1 radical (unpaired) electrons. The van der Waals surface area contributed by atoms with Crippen LogP contribution in [-0.4, -0.2) is 12.6 Å². The molecule has 2 heteroatoms. The van der Waals surface area contributed by atoms with Crippen LogP contribution in [0.4, 0.5) is 0 Å². The highest BCUT2D eigenvalue weighted by molar-refractivity contribution is 5.78. The quantitative estimate of drug-likeness (QED) is 0.434. The van der Waals surface area contributed by atoms with Gasteiger partial charge in [0.15, 0.2) is 0 Å². The van der Waals surface area contributed by atoms with E-state index in [9.17, 15) is 4.79 Å². The molecule has 0 N–H and O–H groups in total. The van der Waals surface area contributed by atoms with Gasteiger partial charge in [-0.25, -0.2) is 0 Å². The Morgan fingerprint density at radius 2 is 2.20 bits per heavy atom. The summed E-state index contributed by atoms with van der Waals surface area (Å²) in [6.45, 7) is 4.38. The van der Waals surface area contributed by atoms with Gasteiger partial charge in [0.1, 0.15) is 0 Å². The second kappa shape index (κ2) is 6.59. The summed E-state index contributed by atoms with van der Waals surface area (Å²) in [6, 6.07) is 0. The van der Waals surface area contributed by atoms with Crippen LogP contribution >= 0.6 is 0 Å². The van der Waals surface area contributed by atoms with E-state index in [4.69, 9.17) is 4.74 Å². The molecular formula is C8H15O2. The van der Waals surface area contributed by atoms with Gasteiger partial charge in [-0.05, 0) is 13.3 Å². The highest BCUT2D eigenvalue weighted by Gasteiger charge is 1.99. The van der Waals surface area contributed by atoms with E-state index in [0.717, 1.165) is 19.3 Å². The third-order valence-corrected chi connectivity index (χ3v) is 1.16. The van der Waals surface area contributed by atoms with E-state index < -0.39 is 0 Å². The first-order valence-corrected chi connectivity index (χ1v) is 3.81. The van der Waals surface area contributed by atoms with Crippen molar-refractivity contribution in [2.75, 3.05) is 6.61 Å². The molecular weight excluding hydrogens is 128 g/mol. The molecule has 0 saturated carbocycles. The fourth-order valence-electron chi connectivity index (χ4n) is 0.625. The Morgan fingerprint density at radius 1 is 1.50 bits per heavy atom. The second-order valence-corrected chi connectivity index (χ2v) is 2.10. The third-order valence-electron chi connectivity index (χ3n) is 1.16. The lowest BCUT2D eigenvalue weighted by Gasteiger charge is -1.98. The maximum Gasteiger partial charge on any atom is 0.309 e. The number of rotatable bonds is 5. The molecule has 0 aromatic heterocycles. The molecule has 2 nitrogen and oxygen atoms in total. The fraction of sp³-hybridized carbons (Fsp3) is 0.750. The van der Waals surface area contributed by atoms with E-state index in [2.05, 4.69) is 6.92 Å². The number of hydrogen-bond donors (Lipinski definition) is 0. The van der Waals surface area contributed by atoms with Crippen molar-refractivity contribution in [2.45, 2.75) is 33.1 Å². The number of carbonyl (C=O) groups is 1. The molecule has 0 fully saturated rings. The van der Waals surface area contributed by atoms with Gasteiger partial charge in [-0.15, -0.1) is 0 Å². The molecule has 59 valence electrons. The summed E-state index contributed by atoms with van der Waals surface area (Å²) in [6.07, 6.45) is 4.64. The van der Waals surface area contributed by atoms with Gasteiger partial charge in [0.25, 0.3) is 0 Å². The molecule has 0 saturated heterocycles. The average Bonchev–Trinajstić information content (AvgIpc) is 1.89. The first-order valence-electron chi connectivity index (χ1n) is 3.81.